The molecule has 11 amide bonds. The topological polar surface area (TPSA) is 369 Å². The lowest BCUT2D eigenvalue weighted by atomic mass is 9.46. The van der Waals surface area contributed by atoms with Crippen molar-refractivity contribution in [2.24, 2.45) is 70.0 Å². The van der Waals surface area contributed by atoms with Crippen molar-refractivity contribution in [3.8, 4) is 0 Å². The lowest BCUT2D eigenvalue weighted by Gasteiger charge is -2.59. The lowest BCUT2D eigenvalue weighted by molar-refractivity contribution is -0.176. The Balaban J connectivity index is 1.63. The number of hydrogen-bond acceptors (Lipinski definition) is 18. The van der Waals surface area contributed by atoms with Gasteiger partial charge in [0, 0.05) is 66.1 Å². The van der Waals surface area contributed by atoms with Gasteiger partial charge < -0.3 is 75.3 Å². The molecule has 13 unspecified atom stereocenters. The monoisotopic (exact) mass is 1600 g/mol. The van der Waals surface area contributed by atoms with E-state index in [1.54, 1.807) is 66.7 Å². The third-order valence-electron chi connectivity index (χ3n) is 24.8. The third kappa shape index (κ3) is 22.2. The normalized spacial score (nSPS) is 31.8. The summed E-state index contributed by atoms with van der Waals surface area (Å²) in [6.45, 7) is 33.4. The summed E-state index contributed by atoms with van der Waals surface area (Å²) in [5.74, 6) is -12.7. The van der Waals surface area contributed by atoms with Crippen molar-refractivity contribution in [2.45, 2.75) is 287 Å². The maximum Gasteiger partial charge on any atom is 0.509 e. The molecule has 4 aliphatic carbocycles. The van der Waals surface area contributed by atoms with Crippen LogP contribution in [0.4, 0.5) is 4.79 Å². The van der Waals surface area contributed by atoms with Crippen LogP contribution >= 0.6 is 0 Å². The van der Waals surface area contributed by atoms with Crippen molar-refractivity contribution >= 4 is 82.7 Å². The Kier molecular flexibility index (Phi) is 34.4. The molecule has 5 aliphatic rings. The van der Waals surface area contributed by atoms with E-state index in [1.807, 2.05) is 75.3 Å². The molecule has 0 aromatic carbocycles. The second kappa shape index (κ2) is 40.7. The summed E-state index contributed by atoms with van der Waals surface area (Å²) in [5.41, 5.74) is -2.71. The number of ketones is 2. The smallest absolute Gasteiger partial charge is 0.428 e. The highest BCUT2D eigenvalue weighted by molar-refractivity contribution is 6.02. The Morgan fingerprint density at radius 2 is 1.11 bits per heavy atom. The zero-order chi connectivity index (χ0) is 86.6. The minimum Gasteiger partial charge on any atom is -0.428 e. The maximum atomic E-state index is 16.0. The Bertz CT molecular complexity index is 3590. The molecule has 1 saturated heterocycles. The highest BCUT2D eigenvalue weighted by atomic mass is 16.7. The van der Waals surface area contributed by atoms with Gasteiger partial charge in [0.15, 0.2) is 11.6 Å². The van der Waals surface area contributed by atoms with Crippen molar-refractivity contribution in [2.75, 3.05) is 55.9 Å². The molecule has 1 radical (unpaired) electrons. The summed E-state index contributed by atoms with van der Waals surface area (Å²) in [5, 5.41) is 35.7. The van der Waals surface area contributed by atoms with Crippen LogP contribution in [0.2, 0.25) is 0 Å². The van der Waals surface area contributed by atoms with Gasteiger partial charge in [-0.05, 0) is 157 Å². The molecular weight excluding hydrogens is 1460 g/mol. The Hall–Kier alpha value is -8.08. The fourth-order valence-electron chi connectivity index (χ4n) is 18.1. The Morgan fingerprint density at radius 1 is 0.596 bits per heavy atom. The van der Waals surface area contributed by atoms with Gasteiger partial charge >= 0.3 is 6.16 Å². The molecular formula is C85H138N11O18. The minimum absolute atomic E-state index is 0.0529. The average molecular weight is 1600 g/mol. The Labute approximate surface area is 677 Å². The van der Waals surface area contributed by atoms with Crippen molar-refractivity contribution in [1.29, 1.82) is 0 Å². The summed E-state index contributed by atoms with van der Waals surface area (Å²) in [4.78, 5) is 215. The van der Waals surface area contributed by atoms with Crippen LogP contribution in [0.1, 0.15) is 209 Å². The summed E-state index contributed by atoms with van der Waals surface area (Å²) in [6, 6.07) is -13.5. The molecule has 6 N–H and O–H groups in total. The molecule has 1 aliphatic heterocycles. The molecule has 114 heavy (non-hydrogen) atoms. The molecule has 0 aromatic heterocycles. The van der Waals surface area contributed by atoms with Gasteiger partial charge in [-0.25, -0.2) is 4.79 Å². The fraction of sp³-hybridized carbons (Fsp3) is 0.753. The standard InChI is InChI=1S/C85H138N11O18/c1-27-29-30-52(15)71(114-82(111)113-38-35-65(99)85(112)37-34-58-57-32-31-55-43-56(97)33-36-83(55,18)67(57)64(98)44-84(58,85)19)70-75(104)88-59(28-2)77(106)90(20)45-66(100)91(21)60(39-46(3)4)74(103)89-68(50(11)12)80(109)92(22)61(40-47(5)6)73(102)86-53(16)72(101)87-54(17)76(105)93(23)62(41-48(7)8)78(107)94(24)63(42-49(9)10)79(108)95(25)69(51(13)14)81(110)96(70)26/h27,29,33,36,38,43,46-54,57-64,67-71,98,112H,28,30-32,34-35,37,39-42,44-45H2,1-26H3,(H,86,102)(H,87,101)(H,88,104)(H,89,103)/b29-27+/t52-,53?,54?,57?,58?,59?,60+,61?,62?,63?,64+,67?,68?,69?,70?,71?,83+,84+,85+/m1/s1. The van der Waals surface area contributed by atoms with Crippen LogP contribution in [0.5, 0.6) is 0 Å². The number of carbonyl (C=O) groups excluding carboxylic acids is 14. The fourth-order valence-corrected chi connectivity index (χ4v) is 18.1. The van der Waals surface area contributed by atoms with Gasteiger partial charge in [0.05, 0.1) is 19.1 Å². The van der Waals surface area contributed by atoms with Crippen molar-refractivity contribution in [1.82, 2.24) is 55.6 Å². The maximum absolute atomic E-state index is 16.0. The zero-order valence-electron chi connectivity index (χ0n) is 72.9. The van der Waals surface area contributed by atoms with Gasteiger partial charge in [-0.15, -0.1) is 0 Å². The first-order valence-electron chi connectivity index (χ1n) is 41.1. The molecule has 4 fully saturated rings. The van der Waals surface area contributed by atoms with Gasteiger partial charge in [0.2, 0.25) is 65.0 Å². The quantitative estimate of drug-likeness (QED) is 0.0555. The van der Waals surface area contributed by atoms with Crippen molar-refractivity contribution < 1.29 is 86.8 Å². The first kappa shape index (κ1) is 96.5. The molecule has 1 heterocycles. The number of aliphatic hydroxyl groups excluding tert-OH is 1. The second-order valence-corrected chi connectivity index (χ2v) is 36.0. The number of hydrogen-bond donors (Lipinski definition) is 6. The van der Waals surface area contributed by atoms with E-state index in [4.69, 9.17) is 9.47 Å². The first-order chi connectivity index (χ1) is 52.9. The van der Waals surface area contributed by atoms with Crippen molar-refractivity contribution in [3.63, 3.8) is 0 Å². The number of amides is 11. The van der Waals surface area contributed by atoms with Crippen LogP contribution in [0.15, 0.2) is 36.0 Å². The summed E-state index contributed by atoms with van der Waals surface area (Å²) >= 11 is 0. The van der Waals surface area contributed by atoms with E-state index >= 15 is 19.2 Å². The molecule has 5 rings (SSSR count). The molecule has 29 heteroatoms. The van der Waals surface area contributed by atoms with E-state index in [2.05, 4.69) is 21.3 Å². The van der Waals surface area contributed by atoms with Crippen LogP contribution in [-0.4, -0.2) is 261 Å². The van der Waals surface area contributed by atoms with E-state index in [-0.39, 0.29) is 98.6 Å². The second-order valence-electron chi connectivity index (χ2n) is 36.0. The largest absolute Gasteiger partial charge is 0.509 e. The van der Waals surface area contributed by atoms with Crippen LogP contribution in [0.3, 0.4) is 0 Å². The minimum atomic E-state index is -1.97. The van der Waals surface area contributed by atoms with Gasteiger partial charge in [-0.2, -0.15) is 0 Å². The number of rotatable bonds is 20. The van der Waals surface area contributed by atoms with E-state index in [0.717, 1.165) is 22.0 Å². The highest BCUT2D eigenvalue weighted by Crippen LogP contribution is 2.67. The molecule has 0 bridgehead atoms. The van der Waals surface area contributed by atoms with Crippen LogP contribution in [0, 0.1) is 76.6 Å². The summed E-state index contributed by atoms with van der Waals surface area (Å²) in [6.07, 6.45) is 6.10. The molecule has 641 valence electrons. The molecule has 0 aromatic rings. The number of nitrogens with zero attached hydrogens (tertiary/aromatic N) is 7. The van der Waals surface area contributed by atoms with Gasteiger partial charge in [0.1, 0.15) is 78.7 Å². The predicted molar refractivity (Wildman–Crippen MR) is 431 cm³/mol. The number of ether oxygens (including phenoxy) is 2. The predicted octanol–water partition coefficient (Wildman–Crippen LogP) is 6.56. The first-order valence-corrected chi connectivity index (χ1v) is 41.1. The number of likely N-dealkylation sites (N-methyl/N-ethyl adjacent to an activating group) is 7. The van der Waals surface area contributed by atoms with Gasteiger partial charge in [-0.1, -0.05) is 135 Å². The molecule has 29 nitrogen and oxygen atoms in total. The van der Waals surface area contributed by atoms with Crippen LogP contribution in [-0.2, 0) is 71.8 Å². The zero-order valence-corrected chi connectivity index (χ0v) is 72.9. The molecule has 0 spiro atoms. The van der Waals surface area contributed by atoms with Gasteiger partial charge in [-0.3, -0.25) is 62.3 Å². The number of aliphatic hydroxyl groups is 2. The highest BCUT2D eigenvalue weighted by Gasteiger charge is 2.68. The van der Waals surface area contributed by atoms with E-state index in [0.29, 0.717) is 19.3 Å². The van der Waals surface area contributed by atoms with E-state index < -0.39 is 197 Å². The van der Waals surface area contributed by atoms with E-state index in [9.17, 15) is 58.2 Å². The molecule has 3 saturated carbocycles. The van der Waals surface area contributed by atoms with Crippen molar-refractivity contribution in [3.05, 3.63) is 42.6 Å². The van der Waals surface area contributed by atoms with Crippen LogP contribution < -0.4 is 21.3 Å². The number of carbonyl (C=O) groups is 14. The number of Topliss-reactive ketones (excluding diaryl/α,β-unsaturated/α-hetero) is 1. The number of allylic oxidation sites excluding steroid dienone is 6. The average Bonchev–Trinajstić information content (AvgIpc) is 1.47. The Morgan fingerprint density at radius 3 is 1.64 bits per heavy atom. The van der Waals surface area contributed by atoms with Gasteiger partial charge in [0.25, 0.3) is 0 Å². The SMILES string of the molecule is C/C=C/C[C@@H](C)C(OC(=O)O[CH]CC(=O)[C@@]1(O)CCC2C3CCC4=CC(=O)C=C[C@]4(C)C3[C@@H](O)C[C@@]21C)C1C(=O)NC(CC)C(=O)N(C)CC(=O)N(C)[C@@H](CC(C)C)C(=O)NC(C(C)C)C(=O)N(C)C(CC(C)C)C(=O)NC(C)C(=O)NC(C)C(=O)N(C)C(CC(C)C)C(=O)N(C)C(CC(C)C)C(=O)N(C)C(C(C)C)C(=O)N1C. The number of fused-ring (bicyclic) bond motifs is 5. The van der Waals surface area contributed by atoms with Crippen LogP contribution in [0.25, 0.3) is 0 Å². The summed E-state index contributed by atoms with van der Waals surface area (Å²) in [7, 11) is 9.63. The van der Waals surface area contributed by atoms with E-state index in [1.165, 1.54) is 93.8 Å². The lowest BCUT2D eigenvalue weighted by Crippen LogP contribution is -2.64. The summed E-state index contributed by atoms with van der Waals surface area (Å²) < 4.78 is 11.8. The third-order valence-corrected chi connectivity index (χ3v) is 24.8. The number of nitrogens with one attached hydrogen (secondary N) is 4. The molecule has 19 atom stereocenters.